The molecule has 2 aromatic rings. The summed E-state index contributed by atoms with van der Waals surface area (Å²) >= 11 is 0. The minimum absolute atomic E-state index is 0.227. The van der Waals surface area contributed by atoms with Gasteiger partial charge >= 0.3 is 0 Å². The van der Waals surface area contributed by atoms with E-state index in [0.29, 0.717) is 17.0 Å². The van der Waals surface area contributed by atoms with Crippen LogP contribution in [0.2, 0.25) is 0 Å². The number of rotatable bonds is 1. The lowest BCUT2D eigenvalue weighted by atomic mass is 9.67. The summed E-state index contributed by atoms with van der Waals surface area (Å²) in [7, 11) is 0. The van der Waals surface area contributed by atoms with Crippen molar-refractivity contribution in [1.82, 2.24) is 0 Å². The van der Waals surface area contributed by atoms with Crippen LogP contribution in [0.1, 0.15) is 33.7 Å². The van der Waals surface area contributed by atoms with E-state index in [1.54, 1.807) is 12.1 Å². The smallest absolute Gasteiger partial charge is 0.0998 e. The summed E-state index contributed by atoms with van der Waals surface area (Å²) in [6.45, 7) is 0. The molecule has 2 atom stereocenters. The van der Waals surface area contributed by atoms with Gasteiger partial charge in [0.1, 0.15) is 0 Å². The van der Waals surface area contributed by atoms with Crippen LogP contribution in [0.25, 0.3) is 5.57 Å². The summed E-state index contributed by atoms with van der Waals surface area (Å²) in [5.41, 5.74) is 5.41. The third-order valence-electron chi connectivity index (χ3n) is 4.49. The van der Waals surface area contributed by atoms with Crippen LogP contribution < -0.4 is 0 Å². The Morgan fingerprint density at radius 2 is 1.55 bits per heavy atom. The van der Waals surface area contributed by atoms with E-state index in [9.17, 15) is 10.5 Å². The molecule has 22 heavy (non-hydrogen) atoms. The highest BCUT2D eigenvalue weighted by molar-refractivity contribution is 5.88. The molecule has 2 nitrogen and oxygen atoms in total. The molecule has 0 aliphatic heterocycles. The lowest BCUT2D eigenvalue weighted by Gasteiger charge is -2.36. The first-order valence-electron chi connectivity index (χ1n) is 7.26. The van der Waals surface area contributed by atoms with Crippen LogP contribution in [0.4, 0.5) is 0 Å². The molecule has 0 heterocycles. The maximum atomic E-state index is 9.51. The standard InChI is InChI=1S/C20H12N2/c21-11-15-6-7-16(12-22)20-18(13-4-2-1-3-5-13)10-14-8-9-17(14)19(15)20/h1-10,14,17H. The second kappa shape index (κ2) is 4.72. The van der Waals surface area contributed by atoms with Crippen molar-refractivity contribution in [3.63, 3.8) is 0 Å². The van der Waals surface area contributed by atoms with Crippen molar-refractivity contribution in [3.8, 4) is 12.1 Å². The molecule has 4 rings (SSSR count). The summed E-state index contributed by atoms with van der Waals surface area (Å²) < 4.78 is 0. The summed E-state index contributed by atoms with van der Waals surface area (Å²) in [5, 5.41) is 19.0. The van der Waals surface area contributed by atoms with E-state index < -0.39 is 0 Å². The Hall–Kier alpha value is -3.10. The van der Waals surface area contributed by atoms with Crippen LogP contribution in [0.5, 0.6) is 0 Å². The highest BCUT2D eigenvalue weighted by atomic mass is 14.4. The van der Waals surface area contributed by atoms with Crippen molar-refractivity contribution in [1.29, 1.82) is 10.5 Å². The number of allylic oxidation sites excluding steroid dienone is 3. The Morgan fingerprint density at radius 3 is 2.18 bits per heavy atom. The topological polar surface area (TPSA) is 47.6 Å². The van der Waals surface area contributed by atoms with Gasteiger partial charge in [-0.3, -0.25) is 0 Å². The second-order valence-electron chi connectivity index (χ2n) is 5.61. The molecule has 0 spiro atoms. The zero-order chi connectivity index (χ0) is 15.1. The molecule has 2 aromatic carbocycles. The normalized spacial score (nSPS) is 20.7. The van der Waals surface area contributed by atoms with E-state index in [-0.39, 0.29) is 5.92 Å². The molecule has 2 aliphatic carbocycles. The molecule has 0 N–H and O–H groups in total. The van der Waals surface area contributed by atoms with E-state index >= 15 is 0 Å². The van der Waals surface area contributed by atoms with Gasteiger partial charge in [-0.05, 0) is 28.8 Å². The molecule has 0 radical (unpaired) electrons. The summed E-state index contributed by atoms with van der Waals surface area (Å²) in [5.74, 6) is 0.550. The molecule has 0 fully saturated rings. The van der Waals surface area contributed by atoms with Gasteiger partial charge in [-0.15, -0.1) is 0 Å². The third kappa shape index (κ3) is 1.65. The molecule has 102 valence electrons. The van der Waals surface area contributed by atoms with Crippen molar-refractivity contribution >= 4 is 5.57 Å². The van der Waals surface area contributed by atoms with E-state index in [0.717, 1.165) is 22.3 Å². The molecule has 0 saturated carbocycles. The molecule has 2 unspecified atom stereocenters. The Labute approximate surface area is 129 Å². The quantitative estimate of drug-likeness (QED) is 0.737. The van der Waals surface area contributed by atoms with Gasteiger partial charge < -0.3 is 0 Å². The minimum atomic E-state index is 0.227. The summed E-state index contributed by atoms with van der Waals surface area (Å²) in [4.78, 5) is 0. The number of benzene rings is 2. The van der Waals surface area contributed by atoms with E-state index in [4.69, 9.17) is 0 Å². The van der Waals surface area contributed by atoms with Crippen molar-refractivity contribution in [2.24, 2.45) is 5.92 Å². The monoisotopic (exact) mass is 280 g/mol. The van der Waals surface area contributed by atoms with Gasteiger partial charge in [-0.1, -0.05) is 48.6 Å². The van der Waals surface area contributed by atoms with Gasteiger partial charge in [0, 0.05) is 17.4 Å². The van der Waals surface area contributed by atoms with E-state index in [1.807, 2.05) is 18.2 Å². The van der Waals surface area contributed by atoms with Gasteiger partial charge in [0.05, 0.1) is 23.3 Å². The van der Waals surface area contributed by atoms with Gasteiger partial charge in [0.2, 0.25) is 0 Å². The van der Waals surface area contributed by atoms with Gasteiger partial charge in [0.15, 0.2) is 0 Å². The molecule has 0 amide bonds. The maximum Gasteiger partial charge on any atom is 0.0998 e. The van der Waals surface area contributed by atoms with Crippen molar-refractivity contribution in [3.05, 3.63) is 88.5 Å². The molecular weight excluding hydrogens is 268 g/mol. The zero-order valence-electron chi connectivity index (χ0n) is 11.8. The fourth-order valence-electron chi connectivity index (χ4n) is 3.38. The first kappa shape index (κ1) is 12.6. The van der Waals surface area contributed by atoms with Crippen molar-refractivity contribution < 1.29 is 0 Å². The maximum absolute atomic E-state index is 9.51. The summed E-state index contributed by atoms with van der Waals surface area (Å²) in [6, 6.07) is 18.2. The average Bonchev–Trinajstić information content (AvgIpc) is 2.55. The Morgan fingerprint density at radius 1 is 0.818 bits per heavy atom. The van der Waals surface area contributed by atoms with Crippen molar-refractivity contribution in [2.75, 3.05) is 0 Å². The largest absolute Gasteiger partial charge is 0.192 e. The van der Waals surface area contributed by atoms with Gasteiger partial charge in [-0.25, -0.2) is 0 Å². The van der Waals surface area contributed by atoms with Gasteiger partial charge in [0.25, 0.3) is 0 Å². The molecule has 0 aromatic heterocycles. The number of hydrogen-bond donors (Lipinski definition) is 0. The predicted molar refractivity (Wildman–Crippen MR) is 84.8 cm³/mol. The number of nitriles is 2. The van der Waals surface area contributed by atoms with Gasteiger partial charge in [-0.2, -0.15) is 10.5 Å². The molecule has 0 bridgehead atoms. The first-order valence-corrected chi connectivity index (χ1v) is 7.26. The number of nitrogens with zero attached hydrogens (tertiary/aromatic N) is 2. The molecular formula is C20H12N2. The van der Waals surface area contributed by atoms with Crippen molar-refractivity contribution in [2.45, 2.75) is 5.92 Å². The molecule has 2 heteroatoms. The number of hydrogen-bond acceptors (Lipinski definition) is 2. The van der Waals surface area contributed by atoms with E-state index in [2.05, 4.69) is 42.5 Å². The Bertz CT molecular complexity index is 905. The number of fused-ring (bicyclic) bond motifs is 3. The lowest BCUT2D eigenvalue weighted by Crippen LogP contribution is -2.22. The van der Waals surface area contributed by atoms with Crippen LogP contribution in [-0.4, -0.2) is 0 Å². The lowest BCUT2D eigenvalue weighted by molar-refractivity contribution is 0.632. The van der Waals surface area contributed by atoms with Crippen LogP contribution >= 0.6 is 0 Å². The van der Waals surface area contributed by atoms with Crippen LogP contribution in [0, 0.1) is 28.6 Å². The second-order valence-corrected chi connectivity index (χ2v) is 5.61. The van der Waals surface area contributed by atoms with Crippen LogP contribution in [-0.2, 0) is 0 Å². The SMILES string of the molecule is N#Cc1ccc(C#N)c2c1C(c1ccccc1)=CC1C=CC21. The highest BCUT2D eigenvalue weighted by Crippen LogP contribution is 2.48. The van der Waals surface area contributed by atoms with E-state index in [1.165, 1.54) is 0 Å². The van der Waals surface area contributed by atoms with Crippen LogP contribution in [0.3, 0.4) is 0 Å². The van der Waals surface area contributed by atoms with Crippen LogP contribution in [0.15, 0.2) is 60.7 Å². The minimum Gasteiger partial charge on any atom is -0.192 e. The first-order chi connectivity index (χ1) is 10.8. The molecule has 0 saturated heterocycles. The Kier molecular flexibility index (Phi) is 2.71. The molecule has 2 aliphatic rings. The fraction of sp³-hybridized carbons (Fsp3) is 0.100. The fourth-order valence-corrected chi connectivity index (χ4v) is 3.38. The average molecular weight is 280 g/mol. The third-order valence-corrected chi connectivity index (χ3v) is 4.49. The summed E-state index contributed by atoms with van der Waals surface area (Å²) in [6.07, 6.45) is 6.52. The Balaban J connectivity index is 2.06. The highest BCUT2D eigenvalue weighted by Gasteiger charge is 2.35. The predicted octanol–water partition coefficient (Wildman–Crippen LogP) is 4.14. The zero-order valence-corrected chi connectivity index (χ0v) is 11.8.